The van der Waals surface area contributed by atoms with E-state index in [2.05, 4.69) is 43.6 Å². The molecule has 0 aromatic carbocycles. The van der Waals surface area contributed by atoms with Gasteiger partial charge in [-0.05, 0) is 39.3 Å². The second-order valence-corrected chi connectivity index (χ2v) is 5.64. The number of rotatable bonds is 4. The van der Waals surface area contributed by atoms with Gasteiger partial charge in [0.15, 0.2) is 0 Å². The summed E-state index contributed by atoms with van der Waals surface area (Å²) in [6.07, 6.45) is 9.52. The molecule has 1 fully saturated rings. The third kappa shape index (κ3) is 3.13. The van der Waals surface area contributed by atoms with E-state index in [9.17, 15) is 0 Å². The Kier molecular flexibility index (Phi) is 4.29. The van der Waals surface area contributed by atoms with Crippen molar-refractivity contribution in [2.24, 2.45) is 0 Å². The number of hydrogen-bond donors (Lipinski definition) is 0. The minimum atomic E-state index is 0.391. The summed E-state index contributed by atoms with van der Waals surface area (Å²) in [5.41, 5.74) is 1.15. The highest BCUT2D eigenvalue weighted by Gasteiger charge is 2.26. The van der Waals surface area contributed by atoms with Gasteiger partial charge in [0.2, 0.25) is 0 Å². The molecule has 5 heteroatoms. The monoisotopic (exact) mass is 285 g/mol. The van der Waals surface area contributed by atoms with Crippen LogP contribution in [0.25, 0.3) is 0 Å². The van der Waals surface area contributed by atoms with Crippen LogP contribution in [-0.2, 0) is 13.1 Å². The number of aryl methyl sites for hydroxylation is 2. The third-order valence-corrected chi connectivity index (χ3v) is 4.24. The van der Waals surface area contributed by atoms with Crippen LogP contribution in [0.1, 0.15) is 49.6 Å². The van der Waals surface area contributed by atoms with E-state index in [0.29, 0.717) is 6.04 Å². The van der Waals surface area contributed by atoms with Crippen molar-refractivity contribution >= 4 is 0 Å². The maximum atomic E-state index is 4.64. The number of piperidine rings is 1. The van der Waals surface area contributed by atoms with Crippen LogP contribution in [0.4, 0.5) is 0 Å². The van der Waals surface area contributed by atoms with Crippen molar-refractivity contribution in [2.45, 2.75) is 52.2 Å². The molecular formula is C16H23N5. The van der Waals surface area contributed by atoms with E-state index in [1.165, 1.54) is 19.3 Å². The first-order valence-electron chi connectivity index (χ1n) is 7.81. The first-order valence-corrected chi connectivity index (χ1v) is 7.81. The Bertz CT molecular complexity index is 592. The highest BCUT2D eigenvalue weighted by atomic mass is 15.2. The van der Waals surface area contributed by atoms with E-state index in [4.69, 9.17) is 0 Å². The molecule has 0 radical (unpaired) electrons. The SMILES string of the molecule is CCn1ccnc1CN1CCCC[C@H]1c1ccnc(C)n1. The molecule has 0 amide bonds. The summed E-state index contributed by atoms with van der Waals surface area (Å²) in [6.45, 7) is 7.10. The predicted molar refractivity (Wildman–Crippen MR) is 81.7 cm³/mol. The molecule has 1 atom stereocenters. The topological polar surface area (TPSA) is 46.8 Å². The van der Waals surface area contributed by atoms with Gasteiger partial charge in [-0.25, -0.2) is 15.0 Å². The van der Waals surface area contributed by atoms with Crippen molar-refractivity contribution in [2.75, 3.05) is 6.54 Å². The molecular weight excluding hydrogens is 262 g/mol. The Balaban J connectivity index is 1.81. The number of imidazole rings is 1. The zero-order valence-corrected chi connectivity index (χ0v) is 12.9. The smallest absolute Gasteiger partial charge is 0.125 e. The highest BCUT2D eigenvalue weighted by Crippen LogP contribution is 2.30. The highest BCUT2D eigenvalue weighted by molar-refractivity contribution is 5.09. The summed E-state index contributed by atoms with van der Waals surface area (Å²) in [5.74, 6) is 2.00. The summed E-state index contributed by atoms with van der Waals surface area (Å²) in [5, 5.41) is 0. The molecule has 5 nitrogen and oxygen atoms in total. The molecule has 1 aliphatic heterocycles. The van der Waals surface area contributed by atoms with Gasteiger partial charge in [-0.15, -0.1) is 0 Å². The summed E-state index contributed by atoms with van der Waals surface area (Å²) < 4.78 is 2.22. The first-order chi connectivity index (χ1) is 10.3. The first kappa shape index (κ1) is 14.2. The van der Waals surface area contributed by atoms with E-state index < -0.39 is 0 Å². The molecule has 0 N–H and O–H groups in total. The van der Waals surface area contributed by atoms with E-state index >= 15 is 0 Å². The average molecular weight is 285 g/mol. The molecule has 1 saturated heterocycles. The van der Waals surface area contributed by atoms with Crippen LogP contribution in [0.15, 0.2) is 24.7 Å². The van der Waals surface area contributed by atoms with Gasteiger partial charge in [0.05, 0.1) is 18.3 Å². The van der Waals surface area contributed by atoms with Crippen molar-refractivity contribution in [1.29, 1.82) is 0 Å². The van der Waals surface area contributed by atoms with Crippen LogP contribution in [0.3, 0.4) is 0 Å². The van der Waals surface area contributed by atoms with Crippen LogP contribution in [0.5, 0.6) is 0 Å². The zero-order chi connectivity index (χ0) is 14.7. The molecule has 112 valence electrons. The van der Waals surface area contributed by atoms with Crippen LogP contribution in [0, 0.1) is 6.92 Å². The molecule has 0 saturated carbocycles. The quantitative estimate of drug-likeness (QED) is 0.866. The molecule has 3 heterocycles. The van der Waals surface area contributed by atoms with Crippen molar-refractivity contribution in [3.8, 4) is 0 Å². The number of hydrogen-bond acceptors (Lipinski definition) is 4. The molecule has 0 aliphatic carbocycles. The number of nitrogens with zero attached hydrogens (tertiary/aromatic N) is 5. The normalized spacial score (nSPS) is 19.8. The fraction of sp³-hybridized carbons (Fsp3) is 0.562. The summed E-state index contributed by atoms with van der Waals surface area (Å²) >= 11 is 0. The van der Waals surface area contributed by atoms with Gasteiger partial charge in [0.1, 0.15) is 11.6 Å². The Morgan fingerprint density at radius 1 is 1.24 bits per heavy atom. The van der Waals surface area contributed by atoms with Gasteiger partial charge >= 0.3 is 0 Å². The second-order valence-electron chi connectivity index (χ2n) is 5.64. The number of likely N-dealkylation sites (tertiary alicyclic amines) is 1. The lowest BCUT2D eigenvalue weighted by Gasteiger charge is -2.35. The Morgan fingerprint density at radius 3 is 2.95 bits per heavy atom. The standard InChI is InChI=1S/C16H23N5/c1-3-20-11-9-18-16(20)12-21-10-5-4-6-15(21)14-7-8-17-13(2)19-14/h7-9,11,15H,3-6,10,12H2,1-2H3/t15-/m0/s1. The van der Waals surface area contributed by atoms with Gasteiger partial charge in [0, 0.05) is 25.1 Å². The number of aromatic nitrogens is 4. The van der Waals surface area contributed by atoms with E-state index in [0.717, 1.165) is 37.0 Å². The van der Waals surface area contributed by atoms with Gasteiger partial charge < -0.3 is 4.57 Å². The third-order valence-electron chi connectivity index (χ3n) is 4.24. The maximum absolute atomic E-state index is 4.64. The van der Waals surface area contributed by atoms with Crippen LogP contribution in [0.2, 0.25) is 0 Å². The van der Waals surface area contributed by atoms with E-state index in [1.807, 2.05) is 19.3 Å². The van der Waals surface area contributed by atoms with Gasteiger partial charge in [-0.2, -0.15) is 0 Å². The molecule has 3 rings (SSSR count). The minimum absolute atomic E-state index is 0.391. The molecule has 0 spiro atoms. The Morgan fingerprint density at radius 2 is 2.14 bits per heavy atom. The molecule has 2 aromatic rings. The maximum Gasteiger partial charge on any atom is 0.125 e. The average Bonchev–Trinajstić information content (AvgIpc) is 2.95. The van der Waals surface area contributed by atoms with Crippen LogP contribution < -0.4 is 0 Å². The molecule has 21 heavy (non-hydrogen) atoms. The zero-order valence-electron chi connectivity index (χ0n) is 12.9. The van der Waals surface area contributed by atoms with Crippen LogP contribution >= 0.6 is 0 Å². The Hall–Kier alpha value is -1.75. The lowest BCUT2D eigenvalue weighted by molar-refractivity contribution is 0.132. The fourth-order valence-electron chi connectivity index (χ4n) is 3.14. The Labute approximate surface area is 126 Å². The predicted octanol–water partition coefficient (Wildman–Crippen LogP) is 2.73. The summed E-state index contributed by atoms with van der Waals surface area (Å²) in [6, 6.07) is 2.45. The van der Waals surface area contributed by atoms with Crippen molar-refractivity contribution < 1.29 is 0 Å². The van der Waals surface area contributed by atoms with Crippen molar-refractivity contribution in [1.82, 2.24) is 24.4 Å². The van der Waals surface area contributed by atoms with Gasteiger partial charge in [-0.1, -0.05) is 6.42 Å². The van der Waals surface area contributed by atoms with Crippen LogP contribution in [-0.4, -0.2) is 31.0 Å². The van der Waals surface area contributed by atoms with E-state index in [-0.39, 0.29) is 0 Å². The minimum Gasteiger partial charge on any atom is -0.334 e. The summed E-state index contributed by atoms with van der Waals surface area (Å²) in [4.78, 5) is 15.9. The lowest BCUT2D eigenvalue weighted by Crippen LogP contribution is -2.34. The largest absolute Gasteiger partial charge is 0.334 e. The molecule has 1 aliphatic rings. The van der Waals surface area contributed by atoms with E-state index in [1.54, 1.807) is 0 Å². The molecule has 0 unspecified atom stereocenters. The van der Waals surface area contributed by atoms with Crippen molar-refractivity contribution in [3.05, 3.63) is 42.0 Å². The van der Waals surface area contributed by atoms with Crippen molar-refractivity contribution in [3.63, 3.8) is 0 Å². The van der Waals surface area contributed by atoms with Gasteiger partial charge in [0.25, 0.3) is 0 Å². The fourth-order valence-corrected chi connectivity index (χ4v) is 3.14. The second kappa shape index (κ2) is 6.35. The van der Waals surface area contributed by atoms with Gasteiger partial charge in [-0.3, -0.25) is 4.90 Å². The molecule has 2 aromatic heterocycles. The summed E-state index contributed by atoms with van der Waals surface area (Å²) in [7, 11) is 0. The molecule has 0 bridgehead atoms. The lowest BCUT2D eigenvalue weighted by atomic mass is 9.99.